The normalized spacial score (nSPS) is 10.8. The third kappa shape index (κ3) is 2.99. The van der Waals surface area contributed by atoms with Crippen LogP contribution in [0.5, 0.6) is 0 Å². The van der Waals surface area contributed by atoms with Crippen LogP contribution in [0, 0.1) is 18.3 Å². The molecule has 0 amide bonds. The summed E-state index contributed by atoms with van der Waals surface area (Å²) in [6.07, 6.45) is 3.03. The fourth-order valence-corrected chi connectivity index (χ4v) is 3.11. The molecule has 3 heteroatoms. The monoisotopic (exact) mass is 303 g/mol. The second-order valence-electron chi connectivity index (χ2n) is 5.91. The van der Waals surface area contributed by atoms with Crippen molar-refractivity contribution in [1.82, 2.24) is 4.98 Å². The Morgan fingerprint density at radius 1 is 1.13 bits per heavy atom. The number of nitrogens with zero attached hydrogens (tertiary/aromatic N) is 1. The van der Waals surface area contributed by atoms with Gasteiger partial charge in [-0.2, -0.15) is 5.26 Å². The molecule has 0 saturated heterocycles. The second kappa shape index (κ2) is 6.68. The van der Waals surface area contributed by atoms with Crippen molar-refractivity contribution < 1.29 is 0 Å². The second-order valence-corrected chi connectivity index (χ2v) is 5.91. The van der Waals surface area contributed by atoms with E-state index in [-0.39, 0.29) is 0 Å². The molecule has 0 atom stereocenters. The number of benzene rings is 2. The van der Waals surface area contributed by atoms with Gasteiger partial charge in [0, 0.05) is 22.2 Å². The van der Waals surface area contributed by atoms with Gasteiger partial charge < -0.3 is 10.7 Å². The van der Waals surface area contributed by atoms with Crippen molar-refractivity contribution in [3.8, 4) is 17.3 Å². The molecule has 3 aromatic rings. The zero-order chi connectivity index (χ0) is 16.2. The molecule has 3 nitrogen and oxygen atoms in total. The van der Waals surface area contributed by atoms with Crippen LogP contribution < -0.4 is 5.73 Å². The van der Waals surface area contributed by atoms with Gasteiger partial charge in [0.05, 0.1) is 11.6 Å². The molecule has 0 spiro atoms. The summed E-state index contributed by atoms with van der Waals surface area (Å²) >= 11 is 0. The van der Waals surface area contributed by atoms with Crippen LogP contribution in [0.1, 0.15) is 29.5 Å². The molecule has 1 heterocycles. The van der Waals surface area contributed by atoms with Crippen LogP contribution in [0.4, 0.5) is 0 Å². The fraction of sp³-hybridized carbons (Fsp3) is 0.250. The first-order valence-electron chi connectivity index (χ1n) is 8.05. The van der Waals surface area contributed by atoms with E-state index in [0.717, 1.165) is 30.2 Å². The fourth-order valence-electron chi connectivity index (χ4n) is 3.11. The molecule has 0 unspecified atom stereocenters. The highest BCUT2D eigenvalue weighted by Crippen LogP contribution is 2.33. The summed E-state index contributed by atoms with van der Waals surface area (Å²) in [7, 11) is 0. The number of aromatic nitrogens is 1. The predicted octanol–water partition coefficient (Wildman–Crippen LogP) is 4.30. The molecule has 3 N–H and O–H groups in total. The first-order valence-corrected chi connectivity index (χ1v) is 8.05. The number of unbranched alkanes of at least 4 members (excludes halogenated alkanes) is 1. The summed E-state index contributed by atoms with van der Waals surface area (Å²) in [6.45, 7) is 2.84. The quantitative estimate of drug-likeness (QED) is 0.690. The maximum Gasteiger partial charge on any atom is 0.0991 e. The Morgan fingerprint density at radius 2 is 1.96 bits per heavy atom. The van der Waals surface area contributed by atoms with E-state index in [1.807, 2.05) is 18.2 Å². The highest BCUT2D eigenvalue weighted by molar-refractivity contribution is 5.92. The lowest BCUT2D eigenvalue weighted by Gasteiger charge is -2.08. The molecule has 116 valence electrons. The van der Waals surface area contributed by atoms with Gasteiger partial charge in [-0.15, -0.1) is 0 Å². The van der Waals surface area contributed by atoms with E-state index in [9.17, 15) is 5.26 Å². The Balaban J connectivity index is 2.18. The van der Waals surface area contributed by atoms with Crippen LogP contribution in [0.2, 0.25) is 0 Å². The zero-order valence-electron chi connectivity index (χ0n) is 13.4. The van der Waals surface area contributed by atoms with Gasteiger partial charge in [0.25, 0.3) is 0 Å². The van der Waals surface area contributed by atoms with Gasteiger partial charge in [-0.25, -0.2) is 0 Å². The molecule has 2 aromatic carbocycles. The van der Waals surface area contributed by atoms with Gasteiger partial charge >= 0.3 is 0 Å². The number of fused-ring (bicyclic) bond motifs is 1. The lowest BCUT2D eigenvalue weighted by molar-refractivity contribution is 0.748. The minimum Gasteiger partial charge on any atom is -0.354 e. The van der Waals surface area contributed by atoms with E-state index in [2.05, 4.69) is 42.2 Å². The van der Waals surface area contributed by atoms with E-state index in [1.165, 1.54) is 22.4 Å². The van der Waals surface area contributed by atoms with Crippen molar-refractivity contribution >= 4 is 10.9 Å². The van der Waals surface area contributed by atoms with Crippen LogP contribution in [0.15, 0.2) is 42.5 Å². The number of H-pyrrole nitrogens is 1. The average Bonchev–Trinajstić information content (AvgIpc) is 2.93. The lowest BCUT2D eigenvalue weighted by atomic mass is 9.97. The Hall–Kier alpha value is -2.57. The smallest absolute Gasteiger partial charge is 0.0991 e. The van der Waals surface area contributed by atoms with E-state index in [1.54, 1.807) is 0 Å². The molecule has 0 aliphatic carbocycles. The maximum atomic E-state index is 9.19. The highest BCUT2D eigenvalue weighted by atomic mass is 14.7. The lowest BCUT2D eigenvalue weighted by Crippen LogP contribution is -1.99. The van der Waals surface area contributed by atoms with Crippen LogP contribution in [-0.4, -0.2) is 11.5 Å². The standard InChI is InChI=1S/C20H21N3/c1-14-6-2-3-7-16(14)20-17(8-4-5-11-21)18-12-15(13-22)9-10-19(18)23-20/h2-3,6-7,9-10,12,23H,4-5,8,11,21H2,1H3. The maximum absolute atomic E-state index is 9.19. The molecule has 0 fully saturated rings. The van der Waals surface area contributed by atoms with E-state index in [0.29, 0.717) is 12.1 Å². The van der Waals surface area contributed by atoms with Gasteiger partial charge in [0.2, 0.25) is 0 Å². The molecule has 3 rings (SSSR count). The molecule has 0 saturated carbocycles. The SMILES string of the molecule is Cc1ccccc1-c1[nH]c2ccc(C#N)cc2c1CCCCN. The third-order valence-electron chi connectivity index (χ3n) is 4.33. The van der Waals surface area contributed by atoms with Crippen molar-refractivity contribution in [2.75, 3.05) is 6.54 Å². The number of nitriles is 1. The number of aromatic amines is 1. The minimum absolute atomic E-state index is 0.702. The Morgan fingerprint density at radius 3 is 2.70 bits per heavy atom. The van der Waals surface area contributed by atoms with Gasteiger partial charge in [-0.3, -0.25) is 0 Å². The highest BCUT2D eigenvalue weighted by Gasteiger charge is 2.14. The largest absolute Gasteiger partial charge is 0.354 e. The van der Waals surface area contributed by atoms with Crippen LogP contribution in [0.3, 0.4) is 0 Å². The number of aryl methyl sites for hydroxylation is 2. The molecule has 0 bridgehead atoms. The van der Waals surface area contributed by atoms with Crippen LogP contribution in [-0.2, 0) is 6.42 Å². The van der Waals surface area contributed by atoms with Gasteiger partial charge in [0.15, 0.2) is 0 Å². The van der Waals surface area contributed by atoms with Crippen molar-refractivity contribution in [2.24, 2.45) is 5.73 Å². The molecule has 0 radical (unpaired) electrons. The Bertz CT molecular complexity index is 868. The number of rotatable bonds is 5. The van der Waals surface area contributed by atoms with Crippen LogP contribution >= 0.6 is 0 Å². The summed E-state index contributed by atoms with van der Waals surface area (Å²) in [5.41, 5.74) is 12.4. The van der Waals surface area contributed by atoms with Gasteiger partial charge in [0.1, 0.15) is 0 Å². The number of hydrogen-bond acceptors (Lipinski definition) is 2. The van der Waals surface area contributed by atoms with Crippen molar-refractivity contribution in [1.29, 1.82) is 5.26 Å². The molecular formula is C20H21N3. The first kappa shape index (κ1) is 15.3. The van der Waals surface area contributed by atoms with E-state index < -0.39 is 0 Å². The summed E-state index contributed by atoms with van der Waals surface area (Å²) in [5, 5.41) is 10.3. The Labute approximate surface area is 136 Å². The summed E-state index contributed by atoms with van der Waals surface area (Å²) in [6, 6.07) is 16.5. The number of hydrogen-bond donors (Lipinski definition) is 2. The average molecular weight is 303 g/mol. The third-order valence-corrected chi connectivity index (χ3v) is 4.33. The van der Waals surface area contributed by atoms with E-state index in [4.69, 9.17) is 5.73 Å². The summed E-state index contributed by atoms with van der Waals surface area (Å²) in [5.74, 6) is 0. The predicted molar refractivity (Wildman–Crippen MR) is 95.2 cm³/mol. The number of nitrogens with one attached hydrogen (secondary N) is 1. The summed E-state index contributed by atoms with van der Waals surface area (Å²) < 4.78 is 0. The molecular weight excluding hydrogens is 282 g/mol. The Kier molecular flexibility index (Phi) is 4.45. The van der Waals surface area contributed by atoms with E-state index >= 15 is 0 Å². The van der Waals surface area contributed by atoms with Gasteiger partial charge in [-0.1, -0.05) is 24.3 Å². The van der Waals surface area contributed by atoms with Crippen molar-refractivity contribution in [3.05, 3.63) is 59.2 Å². The first-order chi connectivity index (χ1) is 11.2. The zero-order valence-corrected chi connectivity index (χ0v) is 13.4. The van der Waals surface area contributed by atoms with Gasteiger partial charge in [-0.05, 0) is 62.1 Å². The van der Waals surface area contributed by atoms with Crippen molar-refractivity contribution in [3.63, 3.8) is 0 Å². The van der Waals surface area contributed by atoms with Crippen molar-refractivity contribution in [2.45, 2.75) is 26.2 Å². The molecule has 23 heavy (non-hydrogen) atoms. The number of nitrogens with two attached hydrogens (primary N) is 1. The molecule has 0 aliphatic rings. The molecule has 0 aliphatic heterocycles. The van der Waals surface area contributed by atoms with Crippen LogP contribution in [0.25, 0.3) is 22.2 Å². The topological polar surface area (TPSA) is 65.6 Å². The minimum atomic E-state index is 0.702. The molecule has 1 aromatic heterocycles. The summed E-state index contributed by atoms with van der Waals surface area (Å²) in [4.78, 5) is 3.56.